The summed E-state index contributed by atoms with van der Waals surface area (Å²) in [6.07, 6.45) is 4.96. The zero-order valence-corrected chi connectivity index (χ0v) is 14.3. The van der Waals surface area contributed by atoms with Crippen molar-refractivity contribution in [2.45, 2.75) is 25.4 Å². The lowest BCUT2D eigenvalue weighted by atomic mass is 10.1. The molecule has 0 spiro atoms. The van der Waals surface area contributed by atoms with Gasteiger partial charge in [-0.1, -0.05) is 30.3 Å². The van der Waals surface area contributed by atoms with Crippen molar-refractivity contribution in [3.8, 4) is 5.88 Å². The van der Waals surface area contributed by atoms with Crippen molar-refractivity contribution in [3.05, 3.63) is 48.3 Å². The number of amides is 2. The second-order valence-electron chi connectivity index (χ2n) is 5.96. The predicted molar refractivity (Wildman–Crippen MR) is 95.5 cm³/mol. The summed E-state index contributed by atoms with van der Waals surface area (Å²) >= 11 is 0. The second-order valence-corrected chi connectivity index (χ2v) is 5.96. The van der Waals surface area contributed by atoms with Gasteiger partial charge in [-0.3, -0.25) is 0 Å². The lowest BCUT2D eigenvalue weighted by molar-refractivity contribution is 0.183. The van der Waals surface area contributed by atoms with Gasteiger partial charge in [-0.05, 0) is 18.4 Å². The standard InChI is InChI=1S/C18H23N5O2/c1-25-17-16(19-9-10-20-17)22-15-7-11-23(12-8-15)18(24)21-13-14-5-3-2-4-6-14/h2-6,9-10,15H,7-8,11-13H2,1H3,(H,19,22)(H,21,24). The number of ether oxygens (including phenoxy) is 1. The molecule has 2 heterocycles. The average molecular weight is 341 g/mol. The topological polar surface area (TPSA) is 79.4 Å². The molecule has 2 amide bonds. The van der Waals surface area contributed by atoms with Gasteiger partial charge in [0, 0.05) is 38.1 Å². The highest BCUT2D eigenvalue weighted by molar-refractivity contribution is 5.74. The molecule has 1 aromatic carbocycles. The molecular formula is C18H23N5O2. The fourth-order valence-corrected chi connectivity index (χ4v) is 2.88. The summed E-state index contributed by atoms with van der Waals surface area (Å²) in [6, 6.07) is 10.2. The molecule has 0 aliphatic carbocycles. The number of urea groups is 1. The molecule has 25 heavy (non-hydrogen) atoms. The van der Waals surface area contributed by atoms with Crippen LogP contribution in [0, 0.1) is 0 Å². The minimum Gasteiger partial charge on any atom is -0.478 e. The number of hydrogen-bond acceptors (Lipinski definition) is 5. The Morgan fingerprint density at radius 1 is 1.20 bits per heavy atom. The number of nitrogens with one attached hydrogen (secondary N) is 2. The second kappa shape index (κ2) is 8.32. The molecule has 0 atom stereocenters. The number of rotatable bonds is 5. The fraction of sp³-hybridized carbons (Fsp3) is 0.389. The third kappa shape index (κ3) is 4.59. The number of methoxy groups -OCH3 is 1. The van der Waals surface area contributed by atoms with E-state index in [0.717, 1.165) is 18.4 Å². The van der Waals surface area contributed by atoms with E-state index >= 15 is 0 Å². The van der Waals surface area contributed by atoms with Gasteiger partial charge in [0.15, 0.2) is 5.82 Å². The minimum absolute atomic E-state index is 0.0145. The summed E-state index contributed by atoms with van der Waals surface area (Å²) in [4.78, 5) is 22.6. The Kier molecular flexibility index (Phi) is 5.66. The number of carbonyl (C=O) groups excluding carboxylic acids is 1. The number of aromatic nitrogens is 2. The Hall–Kier alpha value is -2.83. The van der Waals surface area contributed by atoms with Gasteiger partial charge in [0.1, 0.15) is 0 Å². The van der Waals surface area contributed by atoms with Gasteiger partial charge in [0.2, 0.25) is 0 Å². The SMILES string of the molecule is COc1nccnc1NC1CCN(C(=O)NCc2ccccc2)CC1. The van der Waals surface area contributed by atoms with Gasteiger partial charge in [-0.2, -0.15) is 0 Å². The van der Waals surface area contributed by atoms with Gasteiger partial charge in [0.25, 0.3) is 5.88 Å². The number of nitrogens with zero attached hydrogens (tertiary/aromatic N) is 3. The van der Waals surface area contributed by atoms with Crippen molar-refractivity contribution in [1.29, 1.82) is 0 Å². The van der Waals surface area contributed by atoms with Crippen LogP contribution in [0.1, 0.15) is 18.4 Å². The summed E-state index contributed by atoms with van der Waals surface area (Å²) in [5.74, 6) is 1.14. The van der Waals surface area contributed by atoms with Crippen LogP contribution in [0.5, 0.6) is 5.88 Å². The largest absolute Gasteiger partial charge is 0.478 e. The quantitative estimate of drug-likeness (QED) is 0.872. The minimum atomic E-state index is -0.0145. The molecule has 132 valence electrons. The summed E-state index contributed by atoms with van der Waals surface area (Å²) in [6.45, 7) is 1.97. The Bertz CT molecular complexity index is 687. The van der Waals surface area contributed by atoms with E-state index < -0.39 is 0 Å². The summed E-state index contributed by atoms with van der Waals surface area (Å²) in [7, 11) is 1.58. The van der Waals surface area contributed by atoms with Crippen LogP contribution in [0.4, 0.5) is 10.6 Å². The molecule has 0 saturated carbocycles. The maximum atomic E-state index is 12.3. The van der Waals surface area contributed by atoms with Crippen molar-refractivity contribution < 1.29 is 9.53 Å². The van der Waals surface area contributed by atoms with Crippen LogP contribution in [0.15, 0.2) is 42.7 Å². The molecule has 0 unspecified atom stereocenters. The highest BCUT2D eigenvalue weighted by Gasteiger charge is 2.23. The Morgan fingerprint density at radius 3 is 2.64 bits per heavy atom. The van der Waals surface area contributed by atoms with Crippen molar-refractivity contribution >= 4 is 11.8 Å². The van der Waals surface area contributed by atoms with Gasteiger partial charge < -0.3 is 20.3 Å². The first-order valence-corrected chi connectivity index (χ1v) is 8.44. The molecule has 1 aliphatic heterocycles. The van der Waals surface area contributed by atoms with Crippen molar-refractivity contribution in [1.82, 2.24) is 20.2 Å². The number of piperidine rings is 1. The Balaban J connectivity index is 1.46. The summed E-state index contributed by atoms with van der Waals surface area (Å²) < 4.78 is 5.21. The van der Waals surface area contributed by atoms with Crippen molar-refractivity contribution in [2.75, 3.05) is 25.5 Å². The van der Waals surface area contributed by atoms with Crippen LogP contribution in [-0.2, 0) is 6.54 Å². The summed E-state index contributed by atoms with van der Waals surface area (Å²) in [5.41, 5.74) is 1.10. The Morgan fingerprint density at radius 2 is 1.92 bits per heavy atom. The molecule has 1 aromatic heterocycles. The van der Waals surface area contributed by atoms with Crippen LogP contribution in [0.2, 0.25) is 0 Å². The van der Waals surface area contributed by atoms with Crippen LogP contribution >= 0.6 is 0 Å². The zero-order valence-electron chi connectivity index (χ0n) is 14.3. The van der Waals surface area contributed by atoms with Crippen LogP contribution < -0.4 is 15.4 Å². The maximum Gasteiger partial charge on any atom is 0.317 e. The third-order valence-electron chi connectivity index (χ3n) is 4.27. The van der Waals surface area contributed by atoms with E-state index in [1.165, 1.54) is 0 Å². The van der Waals surface area contributed by atoms with Crippen LogP contribution in [0.25, 0.3) is 0 Å². The molecule has 2 aromatic rings. The predicted octanol–water partition coefficient (Wildman–Crippen LogP) is 2.27. The molecule has 2 N–H and O–H groups in total. The molecular weight excluding hydrogens is 318 g/mol. The number of hydrogen-bond donors (Lipinski definition) is 2. The van der Waals surface area contributed by atoms with Gasteiger partial charge in [-0.15, -0.1) is 0 Å². The smallest absolute Gasteiger partial charge is 0.317 e. The monoisotopic (exact) mass is 341 g/mol. The van der Waals surface area contributed by atoms with E-state index in [4.69, 9.17) is 4.74 Å². The van der Waals surface area contributed by atoms with E-state index in [2.05, 4.69) is 20.6 Å². The van der Waals surface area contributed by atoms with E-state index in [0.29, 0.717) is 31.3 Å². The van der Waals surface area contributed by atoms with Gasteiger partial charge >= 0.3 is 6.03 Å². The summed E-state index contributed by atoms with van der Waals surface area (Å²) in [5, 5.41) is 6.34. The first-order valence-electron chi connectivity index (χ1n) is 8.44. The average Bonchev–Trinajstić information content (AvgIpc) is 2.68. The highest BCUT2D eigenvalue weighted by Crippen LogP contribution is 2.21. The lowest BCUT2D eigenvalue weighted by Gasteiger charge is -2.32. The van der Waals surface area contributed by atoms with Gasteiger partial charge in [0.05, 0.1) is 7.11 Å². The highest BCUT2D eigenvalue weighted by atomic mass is 16.5. The number of likely N-dealkylation sites (tertiary alicyclic amines) is 1. The molecule has 7 heteroatoms. The number of anilines is 1. The molecule has 3 rings (SSSR count). The van der Waals surface area contributed by atoms with Gasteiger partial charge in [-0.25, -0.2) is 14.8 Å². The number of carbonyl (C=O) groups is 1. The normalized spacial score (nSPS) is 14.8. The molecule has 1 fully saturated rings. The zero-order chi connectivity index (χ0) is 17.5. The first kappa shape index (κ1) is 17.0. The lowest BCUT2D eigenvalue weighted by Crippen LogP contribution is -2.46. The van der Waals surface area contributed by atoms with E-state index in [1.807, 2.05) is 35.2 Å². The molecule has 1 saturated heterocycles. The first-order chi connectivity index (χ1) is 12.3. The molecule has 0 radical (unpaired) electrons. The fourth-order valence-electron chi connectivity index (χ4n) is 2.88. The van der Waals surface area contributed by atoms with Crippen molar-refractivity contribution in [2.24, 2.45) is 0 Å². The molecule has 7 nitrogen and oxygen atoms in total. The van der Waals surface area contributed by atoms with Crippen LogP contribution in [-0.4, -0.2) is 47.1 Å². The molecule has 0 bridgehead atoms. The van der Waals surface area contributed by atoms with Crippen molar-refractivity contribution in [3.63, 3.8) is 0 Å². The van der Waals surface area contributed by atoms with Crippen LogP contribution in [0.3, 0.4) is 0 Å². The van der Waals surface area contributed by atoms with E-state index in [1.54, 1.807) is 19.5 Å². The molecule has 1 aliphatic rings. The number of benzene rings is 1. The maximum absolute atomic E-state index is 12.3. The van der Waals surface area contributed by atoms with E-state index in [9.17, 15) is 4.79 Å². The Labute approximate surface area is 147 Å². The van der Waals surface area contributed by atoms with E-state index in [-0.39, 0.29) is 12.1 Å². The third-order valence-corrected chi connectivity index (χ3v) is 4.27.